The number of aromatic nitrogens is 1. The molecule has 3 rings (SSSR count). The van der Waals surface area contributed by atoms with Crippen LogP contribution < -0.4 is 10.3 Å². The van der Waals surface area contributed by atoms with Crippen LogP contribution >= 0.6 is 11.6 Å². The van der Waals surface area contributed by atoms with Gasteiger partial charge in [-0.2, -0.15) is 0 Å². The van der Waals surface area contributed by atoms with Gasteiger partial charge >= 0.3 is 5.97 Å². The Morgan fingerprint density at radius 2 is 1.83 bits per heavy atom. The number of benzene rings is 2. The van der Waals surface area contributed by atoms with E-state index in [0.717, 1.165) is 17.7 Å². The largest absolute Gasteiger partial charge is 0.487 e. The van der Waals surface area contributed by atoms with Gasteiger partial charge in [-0.1, -0.05) is 23.7 Å². The van der Waals surface area contributed by atoms with Crippen molar-refractivity contribution in [3.05, 3.63) is 97.4 Å². The first kappa shape index (κ1) is 21.5. The Morgan fingerprint density at radius 1 is 1.13 bits per heavy atom. The van der Waals surface area contributed by atoms with E-state index in [1.807, 2.05) is 0 Å². The number of methoxy groups -OCH3 is 1. The van der Waals surface area contributed by atoms with E-state index in [0.29, 0.717) is 23.2 Å². The number of hydrogen-bond acceptors (Lipinski definition) is 4. The van der Waals surface area contributed by atoms with E-state index in [2.05, 4.69) is 9.72 Å². The molecule has 8 heteroatoms. The van der Waals surface area contributed by atoms with Crippen LogP contribution in [-0.2, 0) is 17.8 Å². The smallest absolute Gasteiger partial charge is 0.337 e. The lowest BCUT2D eigenvalue weighted by atomic mass is 10.0. The van der Waals surface area contributed by atoms with Crippen LogP contribution in [0.1, 0.15) is 32.7 Å². The minimum atomic E-state index is -0.757. The summed E-state index contributed by atoms with van der Waals surface area (Å²) in [6.07, 6.45) is 0.338. The molecule has 0 spiro atoms. The Labute approximate surface area is 176 Å². The number of nitrogens with one attached hydrogen (secondary N) is 1. The second-order valence-electron chi connectivity index (χ2n) is 6.59. The minimum Gasteiger partial charge on any atom is -0.487 e. The zero-order valence-electron chi connectivity index (χ0n) is 16.2. The van der Waals surface area contributed by atoms with E-state index < -0.39 is 23.2 Å². The van der Waals surface area contributed by atoms with Gasteiger partial charge in [0, 0.05) is 29.3 Å². The lowest BCUT2D eigenvalue weighted by molar-refractivity contribution is 0.0600. The molecule has 1 heterocycles. The van der Waals surface area contributed by atoms with Crippen LogP contribution in [0, 0.1) is 18.6 Å². The number of hydrogen-bond donors (Lipinski definition) is 1. The average molecular weight is 434 g/mol. The Bertz CT molecular complexity index is 1140. The van der Waals surface area contributed by atoms with Gasteiger partial charge in [0.1, 0.15) is 29.0 Å². The predicted molar refractivity (Wildman–Crippen MR) is 108 cm³/mol. The van der Waals surface area contributed by atoms with Gasteiger partial charge in [-0.3, -0.25) is 4.79 Å². The van der Waals surface area contributed by atoms with Crippen molar-refractivity contribution in [2.24, 2.45) is 0 Å². The summed E-state index contributed by atoms with van der Waals surface area (Å²) in [5.74, 6) is -1.78. The molecule has 0 aliphatic rings. The molecule has 0 aliphatic heterocycles. The number of carbonyl (C=O) groups excluding carboxylic acids is 1. The van der Waals surface area contributed by atoms with Crippen molar-refractivity contribution >= 4 is 17.6 Å². The van der Waals surface area contributed by atoms with Crippen molar-refractivity contribution in [1.29, 1.82) is 0 Å². The quantitative estimate of drug-likeness (QED) is 0.578. The van der Waals surface area contributed by atoms with Gasteiger partial charge in [-0.05, 0) is 36.8 Å². The van der Waals surface area contributed by atoms with Crippen molar-refractivity contribution in [3.63, 3.8) is 0 Å². The molecule has 0 saturated carbocycles. The minimum absolute atomic E-state index is 0.124. The second-order valence-corrected chi connectivity index (χ2v) is 6.97. The number of pyridine rings is 1. The van der Waals surface area contributed by atoms with Gasteiger partial charge in [0.2, 0.25) is 0 Å². The molecular weight excluding hydrogens is 416 g/mol. The zero-order valence-corrected chi connectivity index (χ0v) is 17.0. The maximum Gasteiger partial charge on any atom is 0.337 e. The average Bonchev–Trinajstić information content (AvgIpc) is 2.72. The molecule has 30 heavy (non-hydrogen) atoms. The lowest BCUT2D eigenvalue weighted by Gasteiger charge is -2.16. The topological polar surface area (TPSA) is 68.4 Å². The Kier molecular flexibility index (Phi) is 6.52. The third-order valence-corrected chi connectivity index (χ3v) is 4.91. The van der Waals surface area contributed by atoms with Gasteiger partial charge in [-0.15, -0.1) is 0 Å². The van der Waals surface area contributed by atoms with Gasteiger partial charge in [0.25, 0.3) is 5.56 Å². The maximum absolute atomic E-state index is 13.9. The molecule has 0 unspecified atom stereocenters. The van der Waals surface area contributed by atoms with E-state index in [1.165, 1.54) is 13.2 Å². The number of aromatic amines is 1. The number of ether oxygens (including phenoxy) is 2. The molecule has 0 saturated heterocycles. The van der Waals surface area contributed by atoms with Gasteiger partial charge in [-0.25, -0.2) is 13.6 Å². The van der Waals surface area contributed by atoms with Gasteiger partial charge < -0.3 is 14.5 Å². The molecule has 3 aromatic rings. The summed E-state index contributed by atoms with van der Waals surface area (Å²) in [5, 5.41) is -0.163. The highest BCUT2D eigenvalue weighted by molar-refractivity contribution is 6.32. The third kappa shape index (κ3) is 4.68. The lowest BCUT2D eigenvalue weighted by Crippen LogP contribution is -2.14. The Morgan fingerprint density at radius 3 is 2.47 bits per heavy atom. The van der Waals surface area contributed by atoms with Crippen LogP contribution in [0.4, 0.5) is 8.78 Å². The molecule has 1 N–H and O–H groups in total. The number of H-pyrrole nitrogens is 1. The van der Waals surface area contributed by atoms with E-state index in [-0.39, 0.29) is 22.9 Å². The summed E-state index contributed by atoms with van der Waals surface area (Å²) in [5.41, 5.74) is 1.96. The van der Waals surface area contributed by atoms with Crippen LogP contribution in [0.15, 0.2) is 47.3 Å². The summed E-state index contributed by atoms with van der Waals surface area (Å²) in [4.78, 5) is 26.3. The molecule has 0 radical (unpaired) electrons. The fourth-order valence-electron chi connectivity index (χ4n) is 2.94. The first-order chi connectivity index (χ1) is 14.3. The normalized spacial score (nSPS) is 10.7. The van der Waals surface area contributed by atoms with Gasteiger partial charge in [0.05, 0.1) is 12.7 Å². The standard InChI is InChI=1S/C22H18ClF2NO4/c1-12-17(9-13-3-5-14(6-4-13)22(28)29-2)20(19(23)21(27)26-12)30-11-15-7-8-16(24)10-18(15)25/h3-8,10H,9,11H2,1-2H3,(H,26,27). The van der Waals surface area contributed by atoms with Crippen LogP contribution in [0.3, 0.4) is 0 Å². The van der Waals surface area contributed by atoms with E-state index in [1.54, 1.807) is 31.2 Å². The highest BCUT2D eigenvalue weighted by atomic mass is 35.5. The van der Waals surface area contributed by atoms with E-state index in [4.69, 9.17) is 16.3 Å². The Balaban J connectivity index is 1.91. The molecule has 0 aliphatic carbocycles. The molecule has 156 valence electrons. The second kappa shape index (κ2) is 9.09. The highest BCUT2D eigenvalue weighted by Crippen LogP contribution is 2.30. The fourth-order valence-corrected chi connectivity index (χ4v) is 3.16. The first-order valence-corrected chi connectivity index (χ1v) is 9.33. The number of esters is 1. The molecule has 0 atom stereocenters. The SMILES string of the molecule is COC(=O)c1ccc(Cc2c(C)[nH]c(=O)c(Cl)c2OCc2ccc(F)cc2F)cc1. The van der Waals surface area contributed by atoms with Crippen molar-refractivity contribution in [2.75, 3.05) is 7.11 Å². The van der Waals surface area contributed by atoms with Crippen molar-refractivity contribution in [3.8, 4) is 5.75 Å². The summed E-state index contributed by atoms with van der Waals surface area (Å²) in [6.45, 7) is 1.46. The third-order valence-electron chi connectivity index (χ3n) is 4.57. The van der Waals surface area contributed by atoms with Crippen LogP contribution in [0.5, 0.6) is 5.75 Å². The summed E-state index contributed by atoms with van der Waals surface area (Å²) >= 11 is 6.17. The van der Waals surface area contributed by atoms with Crippen LogP contribution in [0.25, 0.3) is 0 Å². The van der Waals surface area contributed by atoms with Crippen LogP contribution in [0.2, 0.25) is 5.02 Å². The highest BCUT2D eigenvalue weighted by Gasteiger charge is 2.18. The monoisotopic (exact) mass is 433 g/mol. The summed E-state index contributed by atoms with van der Waals surface area (Å²) in [6, 6.07) is 9.88. The van der Waals surface area contributed by atoms with E-state index in [9.17, 15) is 18.4 Å². The fraction of sp³-hybridized carbons (Fsp3) is 0.182. The molecular formula is C22H18ClF2NO4. The van der Waals surface area contributed by atoms with Gasteiger partial charge in [0.15, 0.2) is 0 Å². The first-order valence-electron chi connectivity index (χ1n) is 8.95. The number of rotatable bonds is 6. The molecule has 0 amide bonds. The molecule has 0 bridgehead atoms. The zero-order chi connectivity index (χ0) is 21.8. The summed E-state index contributed by atoms with van der Waals surface area (Å²) in [7, 11) is 1.30. The molecule has 1 aromatic heterocycles. The van der Waals surface area contributed by atoms with Crippen molar-refractivity contribution in [2.45, 2.75) is 20.0 Å². The number of halogens is 3. The van der Waals surface area contributed by atoms with Crippen molar-refractivity contribution in [1.82, 2.24) is 4.98 Å². The maximum atomic E-state index is 13.9. The molecule has 2 aromatic carbocycles. The summed E-state index contributed by atoms with van der Waals surface area (Å²) < 4.78 is 37.4. The number of carbonyl (C=O) groups is 1. The molecule has 5 nitrogen and oxygen atoms in total. The molecule has 0 fully saturated rings. The van der Waals surface area contributed by atoms with Crippen LogP contribution in [-0.4, -0.2) is 18.1 Å². The van der Waals surface area contributed by atoms with Crippen molar-refractivity contribution < 1.29 is 23.0 Å². The number of aryl methyl sites for hydroxylation is 1. The predicted octanol–water partition coefficient (Wildman–Crippen LogP) is 4.57. The Hall–Kier alpha value is -3.19. The van der Waals surface area contributed by atoms with E-state index >= 15 is 0 Å².